The molecular formula is C21H40N2O2. The van der Waals surface area contributed by atoms with Gasteiger partial charge in [-0.1, -0.05) is 34.6 Å². The van der Waals surface area contributed by atoms with E-state index in [0.717, 1.165) is 39.0 Å². The molecule has 4 nitrogen and oxygen atoms in total. The van der Waals surface area contributed by atoms with Gasteiger partial charge in [-0.2, -0.15) is 0 Å². The fourth-order valence-electron chi connectivity index (χ4n) is 3.97. The van der Waals surface area contributed by atoms with Crippen molar-refractivity contribution in [2.45, 2.75) is 80.6 Å². The minimum absolute atomic E-state index is 0.0135. The molecule has 0 aromatic heterocycles. The molecule has 1 fully saturated rings. The molecule has 1 aliphatic heterocycles. The fourth-order valence-corrected chi connectivity index (χ4v) is 3.97. The van der Waals surface area contributed by atoms with Crippen LogP contribution in [-0.2, 0) is 9.59 Å². The Labute approximate surface area is 155 Å². The Hall–Kier alpha value is -1.06. The minimum atomic E-state index is -0.0135. The van der Waals surface area contributed by atoms with Gasteiger partial charge in [0.05, 0.1) is 0 Å². The maximum Gasteiger partial charge on any atom is 0.223 e. The van der Waals surface area contributed by atoms with E-state index in [1.165, 1.54) is 6.42 Å². The molecule has 1 heterocycles. The molecule has 0 aliphatic carbocycles. The van der Waals surface area contributed by atoms with Gasteiger partial charge in [0, 0.05) is 39.0 Å². The third-order valence-electron chi connectivity index (χ3n) is 5.14. The Bertz CT molecular complexity index is 447. The molecule has 0 aromatic rings. The summed E-state index contributed by atoms with van der Waals surface area (Å²) in [6, 6.07) is 0. The van der Waals surface area contributed by atoms with Crippen molar-refractivity contribution in [3.63, 3.8) is 0 Å². The SMILES string of the molecule is CCN(CC)C(=O)CC(C)(C)CC1CCCN(C(=O)CC(C)(C)C)C1. The van der Waals surface area contributed by atoms with E-state index < -0.39 is 0 Å². The molecule has 1 aliphatic rings. The van der Waals surface area contributed by atoms with Crippen molar-refractivity contribution in [2.75, 3.05) is 26.2 Å². The van der Waals surface area contributed by atoms with Crippen LogP contribution in [0.3, 0.4) is 0 Å². The standard InChI is InChI=1S/C21H40N2O2/c1-8-22(9-2)19(25)15-21(6,7)13-17-11-10-12-23(16-17)18(24)14-20(3,4)5/h17H,8-16H2,1-7H3. The summed E-state index contributed by atoms with van der Waals surface area (Å²) in [7, 11) is 0. The fraction of sp³-hybridized carbons (Fsp3) is 0.905. The lowest BCUT2D eigenvalue weighted by Gasteiger charge is -2.38. The van der Waals surface area contributed by atoms with Crippen LogP contribution in [0.15, 0.2) is 0 Å². The monoisotopic (exact) mass is 352 g/mol. The van der Waals surface area contributed by atoms with Crippen molar-refractivity contribution in [1.82, 2.24) is 9.80 Å². The van der Waals surface area contributed by atoms with Gasteiger partial charge in [-0.3, -0.25) is 9.59 Å². The van der Waals surface area contributed by atoms with Crippen molar-refractivity contribution in [1.29, 1.82) is 0 Å². The minimum Gasteiger partial charge on any atom is -0.343 e. The molecule has 1 unspecified atom stereocenters. The Kier molecular flexibility index (Phi) is 7.95. The predicted molar refractivity (Wildman–Crippen MR) is 104 cm³/mol. The van der Waals surface area contributed by atoms with Crippen molar-refractivity contribution in [3.05, 3.63) is 0 Å². The highest BCUT2D eigenvalue weighted by molar-refractivity contribution is 5.77. The molecule has 0 spiro atoms. The Morgan fingerprint density at radius 1 is 1.04 bits per heavy atom. The second kappa shape index (κ2) is 9.05. The summed E-state index contributed by atoms with van der Waals surface area (Å²) < 4.78 is 0. The van der Waals surface area contributed by atoms with Crippen LogP contribution in [-0.4, -0.2) is 47.8 Å². The van der Waals surface area contributed by atoms with E-state index in [0.29, 0.717) is 18.8 Å². The predicted octanol–water partition coefficient (Wildman–Crippen LogP) is 4.34. The summed E-state index contributed by atoms with van der Waals surface area (Å²) in [5.74, 6) is 1.05. The van der Waals surface area contributed by atoms with Crippen LogP contribution in [0.1, 0.15) is 80.6 Å². The van der Waals surface area contributed by atoms with Gasteiger partial charge in [0.25, 0.3) is 0 Å². The number of likely N-dealkylation sites (tertiary alicyclic amines) is 1. The molecule has 2 amide bonds. The van der Waals surface area contributed by atoms with E-state index in [9.17, 15) is 9.59 Å². The Morgan fingerprint density at radius 3 is 2.16 bits per heavy atom. The first-order chi connectivity index (χ1) is 11.5. The van der Waals surface area contributed by atoms with Gasteiger partial charge < -0.3 is 9.80 Å². The first-order valence-electron chi connectivity index (χ1n) is 10.0. The third-order valence-corrected chi connectivity index (χ3v) is 5.14. The van der Waals surface area contributed by atoms with Gasteiger partial charge in [-0.05, 0) is 49.9 Å². The van der Waals surface area contributed by atoms with Crippen LogP contribution in [0.2, 0.25) is 0 Å². The molecule has 25 heavy (non-hydrogen) atoms. The number of hydrogen-bond acceptors (Lipinski definition) is 2. The number of nitrogens with zero attached hydrogens (tertiary/aromatic N) is 2. The largest absolute Gasteiger partial charge is 0.343 e. The number of hydrogen-bond donors (Lipinski definition) is 0. The van der Waals surface area contributed by atoms with Crippen molar-refractivity contribution in [3.8, 4) is 0 Å². The third kappa shape index (κ3) is 7.79. The number of carbonyl (C=O) groups excluding carboxylic acids is 2. The van der Waals surface area contributed by atoms with Crippen molar-refractivity contribution in [2.24, 2.45) is 16.7 Å². The molecular weight excluding hydrogens is 312 g/mol. The zero-order valence-electron chi connectivity index (χ0n) is 17.7. The second-order valence-electron chi connectivity index (χ2n) is 9.70. The lowest BCUT2D eigenvalue weighted by Crippen LogP contribution is -2.42. The molecule has 1 atom stereocenters. The zero-order chi connectivity index (χ0) is 19.3. The molecule has 0 saturated carbocycles. The Balaban J connectivity index is 2.60. The molecule has 1 saturated heterocycles. The van der Waals surface area contributed by atoms with Crippen LogP contribution in [0.5, 0.6) is 0 Å². The second-order valence-corrected chi connectivity index (χ2v) is 9.70. The summed E-state index contributed by atoms with van der Waals surface area (Å²) in [5.41, 5.74) is 0.0277. The van der Waals surface area contributed by atoms with Gasteiger partial charge >= 0.3 is 0 Å². The van der Waals surface area contributed by atoms with Gasteiger partial charge in [0.15, 0.2) is 0 Å². The highest BCUT2D eigenvalue weighted by Crippen LogP contribution is 2.34. The lowest BCUT2D eigenvalue weighted by atomic mass is 9.77. The first-order valence-corrected chi connectivity index (χ1v) is 10.0. The van der Waals surface area contributed by atoms with E-state index in [-0.39, 0.29) is 22.6 Å². The van der Waals surface area contributed by atoms with Gasteiger partial charge in [-0.15, -0.1) is 0 Å². The van der Waals surface area contributed by atoms with Crippen LogP contribution >= 0.6 is 0 Å². The Morgan fingerprint density at radius 2 is 1.64 bits per heavy atom. The summed E-state index contributed by atoms with van der Waals surface area (Å²) in [4.78, 5) is 29.0. The summed E-state index contributed by atoms with van der Waals surface area (Å²) >= 11 is 0. The number of rotatable bonds is 7. The van der Waals surface area contributed by atoms with E-state index in [1.54, 1.807) is 0 Å². The molecule has 0 bridgehead atoms. The first kappa shape index (κ1) is 22.0. The smallest absolute Gasteiger partial charge is 0.223 e. The average Bonchev–Trinajstić information content (AvgIpc) is 2.45. The van der Waals surface area contributed by atoms with Crippen LogP contribution in [0, 0.1) is 16.7 Å². The average molecular weight is 353 g/mol. The molecule has 1 rings (SSSR count). The maximum atomic E-state index is 12.5. The molecule has 146 valence electrons. The number of piperidine rings is 1. The highest BCUT2D eigenvalue weighted by Gasteiger charge is 2.32. The van der Waals surface area contributed by atoms with Gasteiger partial charge in [-0.25, -0.2) is 0 Å². The van der Waals surface area contributed by atoms with Crippen LogP contribution < -0.4 is 0 Å². The number of carbonyl (C=O) groups is 2. The van der Waals surface area contributed by atoms with Crippen LogP contribution in [0.25, 0.3) is 0 Å². The lowest BCUT2D eigenvalue weighted by molar-refractivity contribution is -0.136. The van der Waals surface area contributed by atoms with Crippen molar-refractivity contribution >= 4 is 11.8 Å². The van der Waals surface area contributed by atoms with Crippen LogP contribution in [0.4, 0.5) is 0 Å². The summed E-state index contributed by atoms with van der Waals surface area (Å²) in [5, 5.41) is 0. The van der Waals surface area contributed by atoms with Gasteiger partial charge in [0.1, 0.15) is 0 Å². The van der Waals surface area contributed by atoms with E-state index in [2.05, 4.69) is 39.5 Å². The maximum absolute atomic E-state index is 12.5. The van der Waals surface area contributed by atoms with E-state index in [1.807, 2.05) is 18.7 Å². The normalized spacial score (nSPS) is 19.0. The zero-order valence-corrected chi connectivity index (χ0v) is 17.7. The molecule has 0 aromatic carbocycles. The van der Waals surface area contributed by atoms with Gasteiger partial charge in [0.2, 0.25) is 11.8 Å². The topological polar surface area (TPSA) is 40.6 Å². The van der Waals surface area contributed by atoms with E-state index >= 15 is 0 Å². The van der Waals surface area contributed by atoms with E-state index in [4.69, 9.17) is 0 Å². The quantitative estimate of drug-likeness (QED) is 0.684. The molecule has 0 N–H and O–H groups in total. The highest BCUT2D eigenvalue weighted by atomic mass is 16.2. The summed E-state index contributed by atoms with van der Waals surface area (Å²) in [6.07, 6.45) is 4.48. The molecule has 4 heteroatoms. The number of amides is 2. The summed E-state index contributed by atoms with van der Waals surface area (Å²) in [6.45, 7) is 18.1. The molecule has 0 radical (unpaired) electrons. The van der Waals surface area contributed by atoms with Crippen molar-refractivity contribution < 1.29 is 9.59 Å².